The van der Waals surface area contributed by atoms with Crippen molar-refractivity contribution in [2.45, 2.75) is 25.4 Å². The SMILES string of the molecule is CCC(O)C(F)(F)c1ccccc1. The van der Waals surface area contributed by atoms with Crippen LogP contribution in [0.2, 0.25) is 0 Å². The van der Waals surface area contributed by atoms with E-state index in [0.29, 0.717) is 0 Å². The predicted octanol–water partition coefficient (Wildman–Crippen LogP) is 2.55. The Kier molecular flexibility index (Phi) is 2.98. The number of rotatable bonds is 3. The van der Waals surface area contributed by atoms with Crippen molar-refractivity contribution in [2.24, 2.45) is 0 Å². The van der Waals surface area contributed by atoms with Crippen LogP contribution in [-0.2, 0) is 5.92 Å². The third-order valence-corrected chi connectivity index (χ3v) is 1.96. The zero-order valence-corrected chi connectivity index (χ0v) is 7.37. The maximum absolute atomic E-state index is 13.3. The molecule has 0 aromatic heterocycles. The fraction of sp³-hybridized carbons (Fsp3) is 0.400. The standard InChI is InChI=1S/C10H12F2O/c1-2-9(13)10(11,12)8-6-4-3-5-7-8/h3-7,9,13H,2H2,1H3. The normalized spacial score (nSPS) is 14.2. The van der Waals surface area contributed by atoms with Gasteiger partial charge >= 0.3 is 0 Å². The van der Waals surface area contributed by atoms with E-state index in [0.717, 1.165) is 0 Å². The van der Waals surface area contributed by atoms with Crippen LogP contribution in [0.4, 0.5) is 8.78 Å². The molecule has 0 aliphatic carbocycles. The molecule has 1 nitrogen and oxygen atoms in total. The molecule has 0 fully saturated rings. The van der Waals surface area contributed by atoms with Gasteiger partial charge in [-0.1, -0.05) is 37.3 Å². The van der Waals surface area contributed by atoms with E-state index in [1.807, 2.05) is 0 Å². The Hall–Kier alpha value is -0.960. The molecule has 0 radical (unpaired) electrons. The molecule has 0 saturated heterocycles. The highest BCUT2D eigenvalue weighted by molar-refractivity contribution is 5.21. The van der Waals surface area contributed by atoms with Gasteiger partial charge in [-0.2, -0.15) is 8.78 Å². The Morgan fingerprint density at radius 2 is 1.85 bits per heavy atom. The second kappa shape index (κ2) is 3.83. The van der Waals surface area contributed by atoms with Crippen molar-refractivity contribution in [2.75, 3.05) is 0 Å². The van der Waals surface area contributed by atoms with Gasteiger partial charge in [-0.3, -0.25) is 0 Å². The molecule has 1 aromatic carbocycles. The van der Waals surface area contributed by atoms with Gasteiger partial charge in [0, 0.05) is 5.56 Å². The van der Waals surface area contributed by atoms with E-state index in [9.17, 15) is 8.78 Å². The summed E-state index contributed by atoms with van der Waals surface area (Å²) in [6.07, 6.45) is -1.56. The molecule has 0 saturated carbocycles. The maximum Gasteiger partial charge on any atom is 0.298 e. The number of alkyl halides is 2. The van der Waals surface area contributed by atoms with E-state index in [4.69, 9.17) is 5.11 Å². The van der Waals surface area contributed by atoms with Crippen LogP contribution in [0.5, 0.6) is 0 Å². The van der Waals surface area contributed by atoms with E-state index >= 15 is 0 Å². The minimum absolute atomic E-state index is 0.0435. The van der Waals surface area contributed by atoms with Crippen LogP contribution in [0.1, 0.15) is 18.9 Å². The van der Waals surface area contributed by atoms with Crippen LogP contribution in [0, 0.1) is 0 Å². The first-order valence-corrected chi connectivity index (χ1v) is 4.20. The van der Waals surface area contributed by atoms with E-state index in [-0.39, 0.29) is 12.0 Å². The fourth-order valence-electron chi connectivity index (χ4n) is 1.11. The molecule has 13 heavy (non-hydrogen) atoms. The van der Waals surface area contributed by atoms with Crippen LogP contribution < -0.4 is 0 Å². The van der Waals surface area contributed by atoms with Crippen LogP contribution >= 0.6 is 0 Å². The van der Waals surface area contributed by atoms with Crippen molar-refractivity contribution in [1.29, 1.82) is 0 Å². The lowest BCUT2D eigenvalue weighted by Crippen LogP contribution is -2.30. The molecule has 1 atom stereocenters. The number of aliphatic hydroxyl groups is 1. The molecule has 1 aromatic rings. The van der Waals surface area contributed by atoms with E-state index in [1.54, 1.807) is 6.07 Å². The summed E-state index contributed by atoms with van der Waals surface area (Å²) in [6, 6.07) is 7.37. The van der Waals surface area contributed by atoms with E-state index < -0.39 is 12.0 Å². The van der Waals surface area contributed by atoms with Crippen LogP contribution in [0.3, 0.4) is 0 Å². The molecular formula is C10H12F2O. The number of aliphatic hydroxyl groups excluding tert-OH is 1. The molecule has 0 bridgehead atoms. The number of halogens is 2. The van der Waals surface area contributed by atoms with Gasteiger partial charge in [0.1, 0.15) is 6.10 Å². The summed E-state index contributed by atoms with van der Waals surface area (Å²) in [4.78, 5) is 0. The number of hydrogen-bond donors (Lipinski definition) is 1. The van der Waals surface area contributed by atoms with Gasteiger partial charge in [0.25, 0.3) is 5.92 Å². The Bertz CT molecular complexity index is 259. The Balaban J connectivity index is 2.93. The molecule has 0 aliphatic rings. The van der Waals surface area contributed by atoms with Crippen molar-refractivity contribution >= 4 is 0 Å². The van der Waals surface area contributed by atoms with Gasteiger partial charge < -0.3 is 5.11 Å². The van der Waals surface area contributed by atoms with E-state index in [1.165, 1.54) is 31.2 Å². The molecule has 1 unspecified atom stereocenters. The highest BCUT2D eigenvalue weighted by Gasteiger charge is 2.38. The molecule has 0 heterocycles. The second-order valence-corrected chi connectivity index (χ2v) is 2.91. The van der Waals surface area contributed by atoms with Gasteiger partial charge in [-0.15, -0.1) is 0 Å². The number of benzene rings is 1. The predicted molar refractivity (Wildman–Crippen MR) is 46.6 cm³/mol. The summed E-state index contributed by atoms with van der Waals surface area (Å²) in [5.41, 5.74) is -0.135. The zero-order chi connectivity index (χ0) is 9.90. The van der Waals surface area contributed by atoms with Crippen LogP contribution in [-0.4, -0.2) is 11.2 Å². The molecule has 0 aliphatic heterocycles. The monoisotopic (exact) mass is 186 g/mol. The fourth-order valence-corrected chi connectivity index (χ4v) is 1.11. The number of hydrogen-bond acceptors (Lipinski definition) is 1. The van der Waals surface area contributed by atoms with Crippen molar-refractivity contribution in [3.8, 4) is 0 Å². The quantitative estimate of drug-likeness (QED) is 0.769. The first-order valence-electron chi connectivity index (χ1n) is 4.20. The molecule has 0 spiro atoms. The Morgan fingerprint density at radius 1 is 1.31 bits per heavy atom. The summed E-state index contributed by atoms with van der Waals surface area (Å²) in [6.45, 7) is 1.53. The minimum Gasteiger partial charge on any atom is -0.386 e. The lowest BCUT2D eigenvalue weighted by molar-refractivity contribution is -0.115. The van der Waals surface area contributed by atoms with Crippen molar-refractivity contribution in [3.63, 3.8) is 0 Å². The largest absolute Gasteiger partial charge is 0.386 e. The highest BCUT2D eigenvalue weighted by Crippen LogP contribution is 2.32. The molecular weight excluding hydrogens is 174 g/mol. The Labute approximate surface area is 76.0 Å². The summed E-state index contributed by atoms with van der Waals surface area (Å²) >= 11 is 0. The smallest absolute Gasteiger partial charge is 0.298 e. The average molecular weight is 186 g/mol. The maximum atomic E-state index is 13.3. The van der Waals surface area contributed by atoms with Crippen LogP contribution in [0.25, 0.3) is 0 Å². The lowest BCUT2D eigenvalue weighted by Gasteiger charge is -2.21. The van der Waals surface area contributed by atoms with Gasteiger partial charge in [0.2, 0.25) is 0 Å². The topological polar surface area (TPSA) is 20.2 Å². The third-order valence-electron chi connectivity index (χ3n) is 1.96. The molecule has 72 valence electrons. The summed E-state index contributed by atoms with van der Waals surface area (Å²) in [5, 5.41) is 9.09. The van der Waals surface area contributed by atoms with Crippen molar-refractivity contribution in [1.82, 2.24) is 0 Å². The van der Waals surface area contributed by atoms with Gasteiger partial charge in [0.15, 0.2) is 0 Å². The van der Waals surface area contributed by atoms with E-state index in [2.05, 4.69) is 0 Å². The first kappa shape index (κ1) is 10.1. The Morgan fingerprint density at radius 3 is 2.31 bits per heavy atom. The van der Waals surface area contributed by atoms with Gasteiger partial charge in [0.05, 0.1) is 0 Å². The molecule has 1 rings (SSSR count). The molecule has 0 amide bonds. The van der Waals surface area contributed by atoms with Crippen molar-refractivity contribution < 1.29 is 13.9 Å². The molecule has 1 N–H and O–H groups in total. The zero-order valence-electron chi connectivity index (χ0n) is 7.37. The van der Waals surface area contributed by atoms with Gasteiger partial charge in [-0.05, 0) is 6.42 Å². The molecule has 3 heteroatoms. The minimum atomic E-state index is -3.14. The second-order valence-electron chi connectivity index (χ2n) is 2.91. The van der Waals surface area contributed by atoms with Gasteiger partial charge in [-0.25, -0.2) is 0 Å². The lowest BCUT2D eigenvalue weighted by atomic mass is 10.0. The summed E-state index contributed by atoms with van der Waals surface area (Å²) < 4.78 is 26.6. The highest BCUT2D eigenvalue weighted by atomic mass is 19.3. The summed E-state index contributed by atoms with van der Waals surface area (Å²) in [7, 11) is 0. The van der Waals surface area contributed by atoms with Crippen molar-refractivity contribution in [3.05, 3.63) is 35.9 Å². The third kappa shape index (κ3) is 2.04. The average Bonchev–Trinajstić information content (AvgIpc) is 2.18. The summed E-state index contributed by atoms with van der Waals surface area (Å²) in [5.74, 6) is -3.14. The first-order chi connectivity index (χ1) is 6.09. The van der Waals surface area contributed by atoms with Crippen LogP contribution in [0.15, 0.2) is 30.3 Å².